The summed E-state index contributed by atoms with van der Waals surface area (Å²) in [5.74, 6) is 2.71. The minimum absolute atomic E-state index is 0.131. The van der Waals surface area contributed by atoms with E-state index in [1.807, 2.05) is 42.5 Å². The molecule has 7 heteroatoms. The van der Waals surface area contributed by atoms with E-state index in [4.69, 9.17) is 14.2 Å². The average molecular weight is 542 g/mol. The second-order valence-corrected chi connectivity index (χ2v) is 11.3. The van der Waals surface area contributed by atoms with E-state index in [-0.39, 0.29) is 11.5 Å². The highest BCUT2D eigenvalue weighted by molar-refractivity contribution is 5.88. The third-order valence-electron chi connectivity index (χ3n) is 7.33. The quantitative estimate of drug-likeness (QED) is 0.238. The highest BCUT2D eigenvalue weighted by Crippen LogP contribution is 2.37. The van der Waals surface area contributed by atoms with Crippen LogP contribution in [0.15, 0.2) is 72.9 Å². The molecule has 0 aliphatic carbocycles. The molecule has 0 unspecified atom stereocenters. The van der Waals surface area contributed by atoms with Crippen molar-refractivity contribution in [1.29, 1.82) is 0 Å². The number of methoxy groups -OCH3 is 1. The van der Waals surface area contributed by atoms with E-state index in [0.717, 1.165) is 60.5 Å². The maximum Gasteiger partial charge on any atom is 0.163 e. The lowest BCUT2D eigenvalue weighted by Gasteiger charge is -2.29. The highest BCUT2D eigenvalue weighted by Gasteiger charge is 2.18. The molecule has 0 radical (unpaired) electrons. The van der Waals surface area contributed by atoms with E-state index in [1.54, 1.807) is 13.3 Å². The van der Waals surface area contributed by atoms with Crippen molar-refractivity contribution in [1.82, 2.24) is 9.88 Å². The summed E-state index contributed by atoms with van der Waals surface area (Å²) in [4.78, 5) is 6.86. The van der Waals surface area contributed by atoms with Crippen molar-refractivity contribution in [2.75, 3.05) is 38.7 Å². The molecule has 0 bridgehead atoms. The number of anilines is 2. The summed E-state index contributed by atoms with van der Waals surface area (Å²) in [6.07, 6.45) is 3.20. The molecule has 0 spiro atoms. The van der Waals surface area contributed by atoms with Gasteiger partial charge in [0.2, 0.25) is 0 Å². The van der Waals surface area contributed by atoms with Gasteiger partial charge in [-0.1, -0.05) is 32.9 Å². The molecule has 2 heterocycles. The second kappa shape index (κ2) is 12.1. The Morgan fingerprint density at radius 3 is 2.23 bits per heavy atom. The molecule has 1 aromatic heterocycles. The Morgan fingerprint density at radius 2 is 1.57 bits per heavy atom. The van der Waals surface area contributed by atoms with Gasteiger partial charge in [-0.15, -0.1) is 0 Å². The van der Waals surface area contributed by atoms with Gasteiger partial charge in [-0.05, 0) is 72.4 Å². The van der Waals surface area contributed by atoms with Gasteiger partial charge in [0.25, 0.3) is 0 Å². The molecule has 1 fully saturated rings. The second-order valence-electron chi connectivity index (χ2n) is 11.3. The number of aliphatic hydroxyl groups is 1. The molecule has 210 valence electrons. The van der Waals surface area contributed by atoms with Crippen LogP contribution in [-0.4, -0.2) is 54.4 Å². The minimum Gasteiger partial charge on any atom is -0.493 e. The Kier molecular flexibility index (Phi) is 8.43. The first-order valence-electron chi connectivity index (χ1n) is 13.9. The molecular formula is C33H39N3O4. The maximum atomic E-state index is 9.72. The molecule has 5 rings (SSSR count). The lowest BCUT2D eigenvalue weighted by Crippen LogP contribution is -2.38. The number of pyridine rings is 1. The number of hydrogen-bond acceptors (Lipinski definition) is 7. The molecule has 1 saturated heterocycles. The zero-order valence-electron chi connectivity index (χ0n) is 23.8. The molecule has 1 aliphatic heterocycles. The van der Waals surface area contributed by atoms with Crippen molar-refractivity contribution in [3.05, 3.63) is 78.5 Å². The third kappa shape index (κ3) is 6.84. The highest BCUT2D eigenvalue weighted by atomic mass is 16.5. The predicted octanol–water partition coefficient (Wildman–Crippen LogP) is 6.91. The van der Waals surface area contributed by atoms with Crippen LogP contribution in [0.3, 0.4) is 0 Å². The normalized spacial score (nSPS) is 14.7. The molecule has 4 aromatic rings. The molecule has 3 aromatic carbocycles. The minimum atomic E-state index is -0.175. The number of aliphatic hydroxyl groups excluding tert-OH is 1. The lowest BCUT2D eigenvalue weighted by molar-refractivity contribution is 0.0753. The first-order valence-corrected chi connectivity index (χ1v) is 13.9. The number of benzene rings is 3. The van der Waals surface area contributed by atoms with Crippen molar-refractivity contribution >= 4 is 22.3 Å². The molecule has 40 heavy (non-hydrogen) atoms. The summed E-state index contributed by atoms with van der Waals surface area (Å²) in [5, 5.41) is 14.0. The lowest BCUT2D eigenvalue weighted by atomic mass is 9.87. The fourth-order valence-corrected chi connectivity index (χ4v) is 4.87. The number of ether oxygens (including phenoxy) is 3. The zero-order chi connectivity index (χ0) is 28.1. The Balaban J connectivity index is 1.25. The fraction of sp³-hybridized carbons (Fsp3) is 0.364. The van der Waals surface area contributed by atoms with E-state index < -0.39 is 0 Å². The van der Waals surface area contributed by atoms with Crippen LogP contribution in [-0.2, 0) is 5.41 Å². The van der Waals surface area contributed by atoms with Crippen molar-refractivity contribution in [3.63, 3.8) is 0 Å². The summed E-state index contributed by atoms with van der Waals surface area (Å²) < 4.78 is 18.0. The number of likely N-dealkylation sites (tertiary alicyclic amines) is 1. The van der Waals surface area contributed by atoms with Crippen LogP contribution in [0.5, 0.6) is 23.0 Å². The van der Waals surface area contributed by atoms with Gasteiger partial charge in [0.15, 0.2) is 11.5 Å². The van der Waals surface area contributed by atoms with Crippen LogP contribution >= 0.6 is 0 Å². The monoisotopic (exact) mass is 541 g/mol. The van der Waals surface area contributed by atoms with Crippen molar-refractivity contribution in [2.24, 2.45) is 0 Å². The van der Waals surface area contributed by atoms with Crippen LogP contribution in [0.4, 0.5) is 11.4 Å². The molecule has 7 nitrogen and oxygen atoms in total. The smallest absolute Gasteiger partial charge is 0.163 e. The SMILES string of the molecule is COc1cc2c(Oc3ccc(Nc4ccc(C(C)(C)C)cc4)cc3)ccnc2cc1OCCN1CCC(O)CC1. The van der Waals surface area contributed by atoms with E-state index in [2.05, 4.69) is 60.2 Å². The van der Waals surface area contributed by atoms with Gasteiger partial charge >= 0.3 is 0 Å². The van der Waals surface area contributed by atoms with E-state index >= 15 is 0 Å². The Morgan fingerprint density at radius 1 is 0.900 bits per heavy atom. The molecule has 0 saturated carbocycles. The number of rotatable bonds is 9. The van der Waals surface area contributed by atoms with Gasteiger partial charge in [-0.2, -0.15) is 0 Å². The van der Waals surface area contributed by atoms with E-state index in [0.29, 0.717) is 23.9 Å². The summed E-state index contributed by atoms with van der Waals surface area (Å²) in [6, 6.07) is 22.1. The third-order valence-corrected chi connectivity index (χ3v) is 7.33. The molecule has 0 amide bonds. The predicted molar refractivity (Wildman–Crippen MR) is 160 cm³/mol. The number of hydrogen-bond donors (Lipinski definition) is 2. The Hall–Kier alpha value is -3.81. The van der Waals surface area contributed by atoms with E-state index in [1.165, 1.54) is 5.56 Å². The largest absolute Gasteiger partial charge is 0.493 e. The summed E-state index contributed by atoms with van der Waals surface area (Å²) in [5.41, 5.74) is 4.24. The number of piperidine rings is 1. The van der Waals surface area contributed by atoms with Gasteiger partial charge in [-0.25, -0.2) is 0 Å². The Bertz CT molecular complexity index is 1410. The topological polar surface area (TPSA) is 76.1 Å². The summed E-state index contributed by atoms with van der Waals surface area (Å²) in [6.45, 7) is 9.77. The molecular weight excluding hydrogens is 502 g/mol. The van der Waals surface area contributed by atoms with Gasteiger partial charge in [0, 0.05) is 48.7 Å². The standard InChI is InChI=1S/C33H39N3O4/c1-33(2,3)23-5-7-24(8-6-23)35-25-9-11-27(12-10-25)40-30-13-16-34-29-22-32(31(38-4)21-28(29)30)39-20-19-36-17-14-26(37)15-18-36/h5-13,16,21-22,26,35,37H,14-15,17-20H2,1-4H3. The van der Waals surface area contributed by atoms with Crippen LogP contribution in [0.1, 0.15) is 39.2 Å². The number of nitrogens with zero attached hydrogens (tertiary/aromatic N) is 2. The number of fused-ring (bicyclic) bond motifs is 1. The van der Waals surface area contributed by atoms with E-state index in [9.17, 15) is 5.11 Å². The molecule has 1 aliphatic rings. The van der Waals surface area contributed by atoms with Crippen molar-refractivity contribution < 1.29 is 19.3 Å². The van der Waals surface area contributed by atoms with Crippen LogP contribution < -0.4 is 19.5 Å². The van der Waals surface area contributed by atoms with Crippen LogP contribution in [0.25, 0.3) is 10.9 Å². The maximum absolute atomic E-state index is 9.72. The van der Waals surface area contributed by atoms with Gasteiger partial charge in [-0.3, -0.25) is 9.88 Å². The van der Waals surface area contributed by atoms with Crippen molar-refractivity contribution in [2.45, 2.75) is 45.1 Å². The van der Waals surface area contributed by atoms with Crippen molar-refractivity contribution in [3.8, 4) is 23.0 Å². The van der Waals surface area contributed by atoms with Gasteiger partial charge in [0.05, 0.1) is 18.7 Å². The number of nitrogens with one attached hydrogen (secondary N) is 1. The fourth-order valence-electron chi connectivity index (χ4n) is 4.87. The summed E-state index contributed by atoms with van der Waals surface area (Å²) in [7, 11) is 1.64. The zero-order valence-corrected chi connectivity index (χ0v) is 23.8. The molecule has 0 atom stereocenters. The first kappa shape index (κ1) is 27.7. The molecule has 2 N–H and O–H groups in total. The van der Waals surface area contributed by atoms with Crippen LogP contribution in [0, 0.1) is 0 Å². The Labute approximate surface area is 236 Å². The van der Waals surface area contributed by atoms with Crippen LogP contribution in [0.2, 0.25) is 0 Å². The average Bonchev–Trinajstić information content (AvgIpc) is 2.95. The summed E-state index contributed by atoms with van der Waals surface area (Å²) >= 11 is 0. The first-order chi connectivity index (χ1) is 19.3. The van der Waals surface area contributed by atoms with Gasteiger partial charge < -0.3 is 24.6 Å². The van der Waals surface area contributed by atoms with Gasteiger partial charge in [0.1, 0.15) is 18.1 Å². The number of aromatic nitrogens is 1.